The lowest BCUT2D eigenvalue weighted by Crippen LogP contribution is -2.03. The fourth-order valence-electron chi connectivity index (χ4n) is 2.14. The summed E-state index contributed by atoms with van der Waals surface area (Å²) in [4.78, 5) is 12.4. The molecular weight excluding hydrogens is 295 g/mol. The van der Waals surface area contributed by atoms with Gasteiger partial charge in [0.2, 0.25) is 0 Å². The minimum absolute atomic E-state index is 0.0425. The minimum Gasteiger partial charge on any atom is -0.464 e. The molecule has 0 saturated heterocycles. The Balaban J connectivity index is 1.95. The van der Waals surface area contributed by atoms with Gasteiger partial charge >= 0.3 is 0 Å². The molecule has 0 aliphatic carbocycles. The summed E-state index contributed by atoms with van der Waals surface area (Å²) in [5.74, 6) is -0.0425. The lowest BCUT2D eigenvalue weighted by atomic mass is 10.0. The van der Waals surface area contributed by atoms with Crippen LogP contribution in [0.15, 0.2) is 53.1 Å². The van der Waals surface area contributed by atoms with E-state index in [2.05, 4.69) is 0 Å². The van der Waals surface area contributed by atoms with Gasteiger partial charge in [-0.1, -0.05) is 41.4 Å². The summed E-state index contributed by atoms with van der Waals surface area (Å²) in [6.07, 6.45) is 1.69. The Hall–Kier alpha value is -1.77. The first-order valence-corrected chi connectivity index (χ1v) is 6.84. The average Bonchev–Trinajstić information content (AvgIpc) is 2.87. The number of carbonyl (C=O) groups excluding carboxylic acids is 1. The molecule has 0 atom stereocenters. The summed E-state index contributed by atoms with van der Waals surface area (Å²) in [6, 6.07) is 12.5. The summed E-state index contributed by atoms with van der Waals surface area (Å²) < 4.78 is 5.38. The van der Waals surface area contributed by atoms with Crippen LogP contribution in [-0.4, -0.2) is 5.78 Å². The molecule has 2 nitrogen and oxygen atoms in total. The highest BCUT2D eigenvalue weighted by atomic mass is 35.5. The second kappa shape index (κ2) is 5.31. The normalized spacial score (nSPS) is 10.9. The quantitative estimate of drug-likeness (QED) is 0.625. The van der Waals surface area contributed by atoms with Crippen molar-refractivity contribution < 1.29 is 9.21 Å². The third-order valence-corrected chi connectivity index (χ3v) is 3.74. The smallest absolute Gasteiger partial charge is 0.171 e. The molecule has 100 valence electrons. The lowest BCUT2D eigenvalue weighted by molar-refractivity contribution is 0.0993. The first-order valence-electron chi connectivity index (χ1n) is 6.08. The van der Waals surface area contributed by atoms with Crippen LogP contribution in [0.2, 0.25) is 10.0 Å². The second-order valence-corrected chi connectivity index (χ2v) is 5.32. The maximum absolute atomic E-state index is 12.4. The SMILES string of the molecule is O=C(Cc1cc(Cl)ccc1Cl)c1coc2ccccc12. The highest BCUT2D eigenvalue weighted by Crippen LogP contribution is 2.25. The molecule has 1 heterocycles. The molecule has 0 fully saturated rings. The van der Waals surface area contributed by atoms with Crippen molar-refractivity contribution >= 4 is 40.0 Å². The number of halogens is 2. The first kappa shape index (κ1) is 13.2. The van der Waals surface area contributed by atoms with Gasteiger partial charge in [0.25, 0.3) is 0 Å². The Labute approximate surface area is 125 Å². The third kappa shape index (κ3) is 2.45. The number of furan rings is 1. The van der Waals surface area contributed by atoms with Gasteiger partial charge in [-0.3, -0.25) is 4.79 Å². The summed E-state index contributed by atoms with van der Waals surface area (Å²) in [5.41, 5.74) is 1.99. The maximum atomic E-state index is 12.4. The van der Waals surface area contributed by atoms with Gasteiger partial charge in [0, 0.05) is 21.9 Å². The van der Waals surface area contributed by atoms with Gasteiger partial charge < -0.3 is 4.42 Å². The lowest BCUT2D eigenvalue weighted by Gasteiger charge is -2.03. The molecular formula is C16H10Cl2O2. The van der Waals surface area contributed by atoms with Crippen molar-refractivity contribution in [3.63, 3.8) is 0 Å². The van der Waals surface area contributed by atoms with E-state index < -0.39 is 0 Å². The maximum Gasteiger partial charge on any atom is 0.171 e. The molecule has 3 aromatic rings. The highest BCUT2D eigenvalue weighted by molar-refractivity contribution is 6.33. The van der Waals surface area contributed by atoms with Gasteiger partial charge in [0.05, 0.1) is 5.56 Å². The van der Waals surface area contributed by atoms with Crippen LogP contribution in [0.4, 0.5) is 0 Å². The fourth-order valence-corrected chi connectivity index (χ4v) is 2.52. The van der Waals surface area contributed by atoms with Crippen molar-refractivity contribution in [3.8, 4) is 0 Å². The number of benzene rings is 2. The van der Waals surface area contributed by atoms with E-state index in [4.69, 9.17) is 27.6 Å². The zero-order chi connectivity index (χ0) is 14.1. The summed E-state index contributed by atoms with van der Waals surface area (Å²) >= 11 is 12.0. The van der Waals surface area contributed by atoms with E-state index in [1.54, 1.807) is 18.2 Å². The van der Waals surface area contributed by atoms with Crippen molar-refractivity contribution in [1.29, 1.82) is 0 Å². The van der Waals surface area contributed by atoms with Gasteiger partial charge in [0.1, 0.15) is 11.8 Å². The van der Waals surface area contributed by atoms with Gasteiger partial charge in [-0.05, 0) is 29.8 Å². The minimum atomic E-state index is -0.0425. The topological polar surface area (TPSA) is 30.2 Å². The standard InChI is InChI=1S/C16H10Cl2O2/c17-11-5-6-14(18)10(7-11)8-15(19)13-9-20-16-4-2-1-3-12(13)16/h1-7,9H,8H2. The summed E-state index contributed by atoms with van der Waals surface area (Å²) in [7, 11) is 0. The Morgan fingerprint density at radius 2 is 1.90 bits per heavy atom. The Morgan fingerprint density at radius 3 is 2.75 bits per heavy atom. The Kier molecular flexibility index (Phi) is 3.51. The van der Waals surface area contributed by atoms with Crippen LogP contribution in [0.25, 0.3) is 11.0 Å². The van der Waals surface area contributed by atoms with Crippen LogP contribution >= 0.6 is 23.2 Å². The number of ketones is 1. The number of hydrogen-bond donors (Lipinski definition) is 0. The van der Waals surface area contributed by atoms with Crippen molar-refractivity contribution in [2.75, 3.05) is 0 Å². The monoisotopic (exact) mass is 304 g/mol. The number of para-hydroxylation sites is 1. The zero-order valence-corrected chi connectivity index (χ0v) is 11.9. The molecule has 0 radical (unpaired) electrons. The molecule has 0 bridgehead atoms. The van der Waals surface area contributed by atoms with Crippen LogP contribution < -0.4 is 0 Å². The number of fused-ring (bicyclic) bond motifs is 1. The van der Waals surface area contributed by atoms with Crippen molar-refractivity contribution in [1.82, 2.24) is 0 Å². The zero-order valence-electron chi connectivity index (χ0n) is 10.4. The first-order chi connectivity index (χ1) is 9.65. The summed E-state index contributed by atoms with van der Waals surface area (Å²) in [5, 5.41) is 1.92. The van der Waals surface area contributed by atoms with Gasteiger partial charge in [0.15, 0.2) is 5.78 Å². The van der Waals surface area contributed by atoms with E-state index in [0.29, 0.717) is 21.2 Å². The van der Waals surface area contributed by atoms with E-state index in [9.17, 15) is 4.79 Å². The number of carbonyl (C=O) groups is 1. The molecule has 4 heteroatoms. The molecule has 0 unspecified atom stereocenters. The van der Waals surface area contributed by atoms with E-state index in [0.717, 1.165) is 10.9 Å². The molecule has 1 aromatic heterocycles. The number of Topliss-reactive ketones (excluding diaryl/α,β-unsaturated/α-hetero) is 1. The number of hydrogen-bond acceptors (Lipinski definition) is 2. The van der Waals surface area contributed by atoms with E-state index in [1.165, 1.54) is 6.26 Å². The predicted molar refractivity (Wildman–Crippen MR) is 80.7 cm³/mol. The van der Waals surface area contributed by atoms with E-state index in [-0.39, 0.29) is 12.2 Å². The molecule has 0 spiro atoms. The van der Waals surface area contributed by atoms with Crippen LogP contribution in [0.5, 0.6) is 0 Å². The molecule has 0 aliphatic heterocycles. The molecule has 0 aliphatic rings. The molecule has 0 N–H and O–H groups in total. The van der Waals surface area contributed by atoms with E-state index in [1.807, 2.05) is 24.3 Å². The van der Waals surface area contributed by atoms with Gasteiger partial charge in [-0.15, -0.1) is 0 Å². The van der Waals surface area contributed by atoms with Crippen molar-refractivity contribution in [3.05, 3.63) is 69.9 Å². The van der Waals surface area contributed by atoms with Gasteiger partial charge in [-0.25, -0.2) is 0 Å². The van der Waals surface area contributed by atoms with Crippen molar-refractivity contribution in [2.45, 2.75) is 6.42 Å². The number of rotatable bonds is 3. The summed E-state index contributed by atoms with van der Waals surface area (Å²) in [6.45, 7) is 0. The van der Waals surface area contributed by atoms with Gasteiger partial charge in [-0.2, -0.15) is 0 Å². The Bertz CT molecular complexity index is 790. The molecule has 3 rings (SSSR count). The van der Waals surface area contributed by atoms with Crippen LogP contribution in [0.3, 0.4) is 0 Å². The predicted octanol–water partition coefficient (Wildman–Crippen LogP) is 5.17. The highest BCUT2D eigenvalue weighted by Gasteiger charge is 2.15. The van der Waals surface area contributed by atoms with Crippen molar-refractivity contribution in [2.24, 2.45) is 0 Å². The van der Waals surface area contributed by atoms with E-state index >= 15 is 0 Å². The molecule has 20 heavy (non-hydrogen) atoms. The fraction of sp³-hybridized carbons (Fsp3) is 0.0625. The average molecular weight is 305 g/mol. The largest absolute Gasteiger partial charge is 0.464 e. The third-order valence-electron chi connectivity index (χ3n) is 3.14. The van der Waals surface area contributed by atoms with Crippen LogP contribution in [0.1, 0.15) is 15.9 Å². The van der Waals surface area contributed by atoms with Crippen LogP contribution in [-0.2, 0) is 6.42 Å². The van der Waals surface area contributed by atoms with Crippen LogP contribution in [0, 0.1) is 0 Å². The molecule has 2 aromatic carbocycles. The Morgan fingerprint density at radius 1 is 1.10 bits per heavy atom. The second-order valence-electron chi connectivity index (χ2n) is 4.48. The molecule has 0 amide bonds. The molecule has 0 saturated carbocycles.